The number of halogens is 1. The number of unbranched alkanes of at least 4 members (excludes halogenated alkanes) is 1. The van der Waals surface area contributed by atoms with Crippen LogP contribution in [0.2, 0.25) is 0 Å². The normalized spacial score (nSPS) is 23.9. The molecule has 1 saturated heterocycles. The third-order valence-corrected chi connectivity index (χ3v) is 3.83. The van der Waals surface area contributed by atoms with E-state index in [9.17, 15) is 4.79 Å². The van der Waals surface area contributed by atoms with Crippen molar-refractivity contribution in [2.75, 3.05) is 25.6 Å². The summed E-state index contributed by atoms with van der Waals surface area (Å²) in [6.07, 6.45) is 6.02. The van der Waals surface area contributed by atoms with Crippen molar-refractivity contribution in [3.8, 4) is 0 Å². The van der Waals surface area contributed by atoms with E-state index in [1.807, 2.05) is 0 Å². The number of hydrogen-bond donors (Lipinski definition) is 0. The van der Waals surface area contributed by atoms with Crippen molar-refractivity contribution in [2.45, 2.75) is 44.6 Å². The number of carbonyl (C=O) groups is 1. The standard InChI is InChI=1S/C13H22ClNO2/c14-7-2-1-3-13(16)15(12-4-5-12)9-11-6-8-17-10-11/h11-12H,1-10H2. The first-order valence-corrected chi connectivity index (χ1v) is 7.28. The Morgan fingerprint density at radius 1 is 1.29 bits per heavy atom. The van der Waals surface area contributed by atoms with E-state index in [0.717, 1.165) is 39.0 Å². The molecule has 0 spiro atoms. The molecule has 1 unspecified atom stereocenters. The Balaban J connectivity index is 1.76. The summed E-state index contributed by atoms with van der Waals surface area (Å²) in [5, 5.41) is 0. The van der Waals surface area contributed by atoms with Gasteiger partial charge in [0.15, 0.2) is 0 Å². The molecule has 0 N–H and O–H groups in total. The van der Waals surface area contributed by atoms with Gasteiger partial charge in [0.05, 0.1) is 6.61 Å². The van der Waals surface area contributed by atoms with Crippen molar-refractivity contribution in [2.24, 2.45) is 5.92 Å². The number of ether oxygens (including phenoxy) is 1. The highest BCUT2D eigenvalue weighted by atomic mass is 35.5. The van der Waals surface area contributed by atoms with E-state index in [0.29, 0.717) is 30.2 Å². The Kier molecular flexibility index (Phi) is 5.11. The molecule has 1 aliphatic carbocycles. The fraction of sp³-hybridized carbons (Fsp3) is 0.923. The molecule has 4 heteroatoms. The number of carbonyl (C=O) groups excluding carboxylic acids is 1. The predicted octanol–water partition coefficient (Wildman–Crippen LogP) is 2.42. The molecule has 0 aromatic carbocycles. The molecule has 1 atom stereocenters. The van der Waals surface area contributed by atoms with Crippen molar-refractivity contribution in [3.63, 3.8) is 0 Å². The van der Waals surface area contributed by atoms with Crippen molar-refractivity contribution in [1.82, 2.24) is 4.90 Å². The van der Waals surface area contributed by atoms with E-state index in [2.05, 4.69) is 4.90 Å². The lowest BCUT2D eigenvalue weighted by Gasteiger charge is -2.25. The molecule has 2 rings (SSSR count). The molecule has 0 bridgehead atoms. The van der Waals surface area contributed by atoms with Crippen molar-refractivity contribution >= 4 is 17.5 Å². The summed E-state index contributed by atoms with van der Waals surface area (Å²) in [6, 6.07) is 0.527. The van der Waals surface area contributed by atoms with Gasteiger partial charge in [0.1, 0.15) is 0 Å². The van der Waals surface area contributed by atoms with Crippen molar-refractivity contribution < 1.29 is 9.53 Å². The Morgan fingerprint density at radius 2 is 2.12 bits per heavy atom. The first-order valence-electron chi connectivity index (χ1n) is 6.74. The fourth-order valence-electron chi connectivity index (χ4n) is 2.36. The van der Waals surface area contributed by atoms with Gasteiger partial charge in [-0.1, -0.05) is 0 Å². The molecule has 1 aliphatic heterocycles. The summed E-state index contributed by atoms with van der Waals surface area (Å²) in [7, 11) is 0. The van der Waals surface area contributed by atoms with Gasteiger partial charge < -0.3 is 9.64 Å². The van der Waals surface area contributed by atoms with E-state index in [1.165, 1.54) is 12.8 Å². The average molecular weight is 260 g/mol. The van der Waals surface area contributed by atoms with Gasteiger partial charge in [-0.2, -0.15) is 0 Å². The van der Waals surface area contributed by atoms with Gasteiger partial charge in [-0.3, -0.25) is 4.79 Å². The summed E-state index contributed by atoms with van der Waals surface area (Å²) < 4.78 is 5.38. The highest BCUT2D eigenvalue weighted by Gasteiger charge is 2.34. The van der Waals surface area contributed by atoms with Crippen LogP contribution in [0.5, 0.6) is 0 Å². The lowest BCUT2D eigenvalue weighted by molar-refractivity contribution is -0.132. The number of alkyl halides is 1. The van der Waals surface area contributed by atoms with E-state index >= 15 is 0 Å². The lowest BCUT2D eigenvalue weighted by atomic mass is 10.1. The van der Waals surface area contributed by atoms with Gasteiger partial charge in [-0.05, 0) is 32.1 Å². The maximum Gasteiger partial charge on any atom is 0.222 e. The number of amides is 1. The summed E-state index contributed by atoms with van der Waals surface area (Å²) in [6.45, 7) is 2.60. The summed E-state index contributed by atoms with van der Waals surface area (Å²) >= 11 is 5.64. The Morgan fingerprint density at radius 3 is 2.71 bits per heavy atom. The van der Waals surface area contributed by atoms with Crippen LogP contribution in [0.15, 0.2) is 0 Å². The monoisotopic (exact) mass is 259 g/mol. The molecule has 3 nitrogen and oxygen atoms in total. The van der Waals surface area contributed by atoms with Crippen LogP contribution in [-0.2, 0) is 9.53 Å². The minimum absolute atomic E-state index is 0.324. The second-order valence-corrected chi connectivity index (χ2v) is 5.53. The van der Waals surface area contributed by atoms with Crippen LogP contribution in [0.25, 0.3) is 0 Å². The van der Waals surface area contributed by atoms with E-state index in [1.54, 1.807) is 0 Å². The molecular weight excluding hydrogens is 238 g/mol. The van der Waals surface area contributed by atoms with Crippen LogP contribution in [0, 0.1) is 5.92 Å². The van der Waals surface area contributed by atoms with Gasteiger partial charge >= 0.3 is 0 Å². The maximum atomic E-state index is 12.1. The van der Waals surface area contributed by atoms with Crippen LogP contribution in [0.3, 0.4) is 0 Å². The molecule has 0 aromatic heterocycles. The largest absolute Gasteiger partial charge is 0.381 e. The minimum atomic E-state index is 0.324. The molecule has 0 radical (unpaired) electrons. The van der Waals surface area contributed by atoms with E-state index in [4.69, 9.17) is 16.3 Å². The van der Waals surface area contributed by atoms with Gasteiger partial charge in [0, 0.05) is 37.4 Å². The molecule has 2 fully saturated rings. The maximum absolute atomic E-state index is 12.1. The van der Waals surface area contributed by atoms with Crippen LogP contribution >= 0.6 is 11.6 Å². The summed E-state index contributed by atoms with van der Waals surface area (Å²) in [5.74, 6) is 1.55. The molecule has 1 heterocycles. The van der Waals surface area contributed by atoms with Crippen LogP contribution in [0.1, 0.15) is 38.5 Å². The van der Waals surface area contributed by atoms with Crippen molar-refractivity contribution in [3.05, 3.63) is 0 Å². The third-order valence-electron chi connectivity index (χ3n) is 3.56. The number of nitrogens with zero attached hydrogens (tertiary/aromatic N) is 1. The van der Waals surface area contributed by atoms with Gasteiger partial charge in [-0.15, -0.1) is 11.6 Å². The van der Waals surface area contributed by atoms with Crippen molar-refractivity contribution in [1.29, 1.82) is 0 Å². The fourth-order valence-corrected chi connectivity index (χ4v) is 2.55. The second-order valence-electron chi connectivity index (χ2n) is 5.15. The zero-order valence-corrected chi connectivity index (χ0v) is 11.1. The topological polar surface area (TPSA) is 29.5 Å². The minimum Gasteiger partial charge on any atom is -0.381 e. The summed E-state index contributed by atoms with van der Waals surface area (Å²) in [4.78, 5) is 14.2. The first kappa shape index (κ1) is 13.2. The molecule has 1 amide bonds. The zero-order valence-electron chi connectivity index (χ0n) is 10.4. The van der Waals surface area contributed by atoms with Crippen LogP contribution in [0.4, 0.5) is 0 Å². The van der Waals surface area contributed by atoms with Gasteiger partial charge in [-0.25, -0.2) is 0 Å². The van der Waals surface area contributed by atoms with Crippen LogP contribution < -0.4 is 0 Å². The highest BCUT2D eigenvalue weighted by molar-refractivity contribution is 6.17. The quantitative estimate of drug-likeness (QED) is 0.519. The highest BCUT2D eigenvalue weighted by Crippen LogP contribution is 2.29. The zero-order chi connectivity index (χ0) is 12.1. The van der Waals surface area contributed by atoms with Crippen LogP contribution in [-0.4, -0.2) is 42.5 Å². The molecule has 98 valence electrons. The first-order chi connectivity index (χ1) is 8.31. The Hall–Kier alpha value is -0.280. The Labute approximate surface area is 108 Å². The smallest absolute Gasteiger partial charge is 0.222 e. The van der Waals surface area contributed by atoms with Gasteiger partial charge in [0.2, 0.25) is 5.91 Å². The summed E-state index contributed by atoms with van der Waals surface area (Å²) in [5.41, 5.74) is 0. The lowest BCUT2D eigenvalue weighted by Crippen LogP contribution is -2.37. The third kappa shape index (κ3) is 4.14. The van der Waals surface area contributed by atoms with E-state index in [-0.39, 0.29) is 0 Å². The number of hydrogen-bond acceptors (Lipinski definition) is 2. The number of rotatable bonds is 7. The average Bonchev–Trinajstić information content (AvgIpc) is 3.03. The van der Waals surface area contributed by atoms with Gasteiger partial charge in [0.25, 0.3) is 0 Å². The molecule has 17 heavy (non-hydrogen) atoms. The molecule has 1 saturated carbocycles. The second kappa shape index (κ2) is 6.60. The predicted molar refractivity (Wildman–Crippen MR) is 68.2 cm³/mol. The molecule has 0 aromatic rings. The SMILES string of the molecule is O=C(CCCCCl)N(CC1CCOC1)C1CC1. The molecular formula is C13H22ClNO2. The Bertz CT molecular complexity index is 250. The van der Waals surface area contributed by atoms with E-state index < -0.39 is 0 Å². The molecule has 2 aliphatic rings.